The highest BCUT2D eigenvalue weighted by molar-refractivity contribution is 14.1. The van der Waals surface area contributed by atoms with Gasteiger partial charge >= 0.3 is 5.97 Å². The first-order valence-corrected chi connectivity index (χ1v) is 6.03. The normalized spacial score (nSPS) is 10.0. The summed E-state index contributed by atoms with van der Waals surface area (Å²) in [6.45, 7) is 2.02. The van der Waals surface area contributed by atoms with E-state index in [0.717, 1.165) is 20.0 Å². The minimum absolute atomic E-state index is 0.265. The quantitative estimate of drug-likeness (QED) is 0.590. The fraction of sp³-hybridized carbons (Fsp3) is 0.300. The van der Waals surface area contributed by atoms with E-state index in [1.165, 1.54) is 7.11 Å². The van der Waals surface area contributed by atoms with Gasteiger partial charge in [0.2, 0.25) is 0 Å². The molecule has 1 aromatic rings. The van der Waals surface area contributed by atoms with Gasteiger partial charge in [-0.3, -0.25) is 0 Å². The lowest BCUT2D eigenvalue weighted by Gasteiger charge is -2.08. The molecule has 0 unspecified atom stereocenters. The Bertz CT molecular complexity index is 363. The zero-order valence-electron chi connectivity index (χ0n) is 7.93. The van der Waals surface area contributed by atoms with Crippen LogP contribution in [0, 0.1) is 3.57 Å². The second-order valence-electron chi connectivity index (χ2n) is 2.77. The van der Waals surface area contributed by atoms with Crippen molar-refractivity contribution in [1.29, 1.82) is 0 Å². The smallest absolute Gasteiger partial charge is 0.339 e. The average molecular weight is 369 g/mol. The standard InChI is InChI=1S/C10H10BrIO2/c1-3-6-4-7(11)5-8(12)9(6)10(13)14-2/h4-5H,3H2,1-2H3. The van der Waals surface area contributed by atoms with Gasteiger partial charge in [0.05, 0.1) is 12.7 Å². The van der Waals surface area contributed by atoms with Crippen LogP contribution >= 0.6 is 38.5 Å². The van der Waals surface area contributed by atoms with Crippen LogP contribution in [0.2, 0.25) is 0 Å². The highest BCUT2D eigenvalue weighted by Gasteiger charge is 2.15. The van der Waals surface area contributed by atoms with E-state index in [-0.39, 0.29) is 5.97 Å². The van der Waals surface area contributed by atoms with Crippen molar-refractivity contribution in [3.05, 3.63) is 31.3 Å². The number of esters is 1. The van der Waals surface area contributed by atoms with Crippen LogP contribution in [0.1, 0.15) is 22.8 Å². The first kappa shape index (κ1) is 12.0. The van der Waals surface area contributed by atoms with E-state index in [0.29, 0.717) is 5.56 Å². The highest BCUT2D eigenvalue weighted by atomic mass is 127. The summed E-state index contributed by atoms with van der Waals surface area (Å²) in [6, 6.07) is 3.86. The number of rotatable bonds is 2. The molecule has 0 aromatic heterocycles. The summed E-state index contributed by atoms with van der Waals surface area (Å²) in [4.78, 5) is 11.5. The molecule has 0 aliphatic heterocycles. The van der Waals surface area contributed by atoms with Gasteiger partial charge in [0.25, 0.3) is 0 Å². The van der Waals surface area contributed by atoms with E-state index in [9.17, 15) is 4.79 Å². The number of hydrogen-bond donors (Lipinski definition) is 0. The summed E-state index contributed by atoms with van der Waals surface area (Å²) >= 11 is 5.54. The van der Waals surface area contributed by atoms with Crippen molar-refractivity contribution in [2.75, 3.05) is 7.11 Å². The molecule has 0 bridgehead atoms. The fourth-order valence-corrected chi connectivity index (χ4v) is 3.07. The third-order valence-electron chi connectivity index (χ3n) is 1.91. The van der Waals surface area contributed by atoms with E-state index < -0.39 is 0 Å². The predicted octanol–water partition coefficient (Wildman–Crippen LogP) is 3.40. The second-order valence-corrected chi connectivity index (χ2v) is 4.84. The van der Waals surface area contributed by atoms with Gasteiger partial charge in [0, 0.05) is 8.04 Å². The van der Waals surface area contributed by atoms with Crippen LogP contribution in [0.5, 0.6) is 0 Å². The topological polar surface area (TPSA) is 26.3 Å². The summed E-state index contributed by atoms with van der Waals surface area (Å²) in [5, 5.41) is 0. The zero-order valence-corrected chi connectivity index (χ0v) is 11.7. The lowest BCUT2D eigenvalue weighted by atomic mass is 10.1. The molecule has 1 rings (SSSR count). The number of ether oxygens (including phenoxy) is 1. The van der Waals surface area contributed by atoms with Gasteiger partial charge < -0.3 is 4.74 Å². The van der Waals surface area contributed by atoms with Crippen molar-refractivity contribution in [3.63, 3.8) is 0 Å². The third-order valence-corrected chi connectivity index (χ3v) is 3.22. The number of halogens is 2. The molecule has 1 aromatic carbocycles. The molecule has 0 saturated heterocycles. The molecule has 0 spiro atoms. The molecule has 0 amide bonds. The number of benzene rings is 1. The molecule has 0 N–H and O–H groups in total. The molecule has 0 fully saturated rings. The lowest BCUT2D eigenvalue weighted by molar-refractivity contribution is 0.0598. The largest absolute Gasteiger partial charge is 0.465 e. The number of hydrogen-bond acceptors (Lipinski definition) is 2. The molecule has 0 heterocycles. The first-order chi connectivity index (χ1) is 6.60. The van der Waals surface area contributed by atoms with Gasteiger partial charge in [-0.1, -0.05) is 22.9 Å². The Morgan fingerprint density at radius 1 is 1.57 bits per heavy atom. The second kappa shape index (κ2) is 5.11. The molecule has 0 saturated carbocycles. The maximum Gasteiger partial charge on any atom is 0.339 e. The van der Waals surface area contributed by atoms with Crippen LogP contribution in [-0.4, -0.2) is 13.1 Å². The van der Waals surface area contributed by atoms with Gasteiger partial charge in [-0.05, 0) is 46.7 Å². The van der Waals surface area contributed by atoms with Gasteiger partial charge in [0.15, 0.2) is 0 Å². The molecular formula is C10H10BrIO2. The van der Waals surface area contributed by atoms with Crippen LogP contribution < -0.4 is 0 Å². The van der Waals surface area contributed by atoms with Crippen molar-refractivity contribution in [3.8, 4) is 0 Å². The SMILES string of the molecule is CCc1cc(Br)cc(I)c1C(=O)OC. The molecule has 76 valence electrons. The monoisotopic (exact) mass is 368 g/mol. The van der Waals surface area contributed by atoms with Crippen molar-refractivity contribution >= 4 is 44.5 Å². The van der Waals surface area contributed by atoms with Crippen LogP contribution in [0.3, 0.4) is 0 Å². The minimum atomic E-state index is -0.265. The molecule has 2 nitrogen and oxygen atoms in total. The summed E-state index contributed by atoms with van der Waals surface area (Å²) in [6.07, 6.45) is 0.819. The van der Waals surface area contributed by atoms with E-state index in [1.807, 2.05) is 19.1 Å². The number of methoxy groups -OCH3 is 1. The Morgan fingerprint density at radius 3 is 2.71 bits per heavy atom. The number of carbonyl (C=O) groups excluding carboxylic acids is 1. The Balaban J connectivity index is 3.32. The summed E-state index contributed by atoms with van der Waals surface area (Å²) in [5.74, 6) is -0.265. The van der Waals surface area contributed by atoms with Crippen LogP contribution in [-0.2, 0) is 11.2 Å². The van der Waals surface area contributed by atoms with Crippen LogP contribution in [0.4, 0.5) is 0 Å². The Hall–Kier alpha value is -0.100. The van der Waals surface area contributed by atoms with E-state index in [1.54, 1.807) is 0 Å². The fourth-order valence-electron chi connectivity index (χ4n) is 1.24. The number of aryl methyl sites for hydroxylation is 1. The Labute approximate surface area is 105 Å². The summed E-state index contributed by atoms with van der Waals surface area (Å²) in [5.41, 5.74) is 1.69. The predicted molar refractivity (Wildman–Crippen MR) is 67.6 cm³/mol. The van der Waals surface area contributed by atoms with Gasteiger partial charge in [0.1, 0.15) is 0 Å². The van der Waals surface area contributed by atoms with E-state index >= 15 is 0 Å². The van der Waals surface area contributed by atoms with Crippen molar-refractivity contribution in [2.45, 2.75) is 13.3 Å². The third kappa shape index (κ3) is 2.48. The first-order valence-electron chi connectivity index (χ1n) is 4.16. The average Bonchev–Trinajstić information content (AvgIpc) is 2.15. The van der Waals surface area contributed by atoms with Crippen molar-refractivity contribution in [1.82, 2.24) is 0 Å². The van der Waals surface area contributed by atoms with E-state index in [4.69, 9.17) is 4.74 Å². The van der Waals surface area contributed by atoms with Gasteiger partial charge in [-0.25, -0.2) is 4.79 Å². The van der Waals surface area contributed by atoms with Crippen molar-refractivity contribution < 1.29 is 9.53 Å². The van der Waals surface area contributed by atoms with Gasteiger partial charge in [-0.2, -0.15) is 0 Å². The Morgan fingerprint density at radius 2 is 2.21 bits per heavy atom. The van der Waals surface area contributed by atoms with Crippen LogP contribution in [0.25, 0.3) is 0 Å². The maximum absolute atomic E-state index is 11.5. The summed E-state index contributed by atoms with van der Waals surface area (Å²) < 4.78 is 6.65. The van der Waals surface area contributed by atoms with Crippen LogP contribution in [0.15, 0.2) is 16.6 Å². The van der Waals surface area contributed by atoms with E-state index in [2.05, 4.69) is 38.5 Å². The molecule has 0 aliphatic rings. The summed E-state index contributed by atoms with van der Waals surface area (Å²) in [7, 11) is 1.40. The van der Waals surface area contributed by atoms with Gasteiger partial charge in [-0.15, -0.1) is 0 Å². The molecule has 14 heavy (non-hydrogen) atoms. The molecule has 0 aliphatic carbocycles. The lowest BCUT2D eigenvalue weighted by Crippen LogP contribution is -2.08. The molecule has 0 atom stereocenters. The maximum atomic E-state index is 11.5. The van der Waals surface area contributed by atoms with Crippen molar-refractivity contribution in [2.24, 2.45) is 0 Å². The highest BCUT2D eigenvalue weighted by Crippen LogP contribution is 2.24. The number of carbonyl (C=O) groups is 1. The molecule has 0 radical (unpaired) electrons. The zero-order chi connectivity index (χ0) is 10.7. The minimum Gasteiger partial charge on any atom is -0.465 e. The molecular weight excluding hydrogens is 359 g/mol. The Kier molecular flexibility index (Phi) is 4.37. The molecule has 4 heteroatoms.